The molecule has 0 heterocycles. The van der Waals surface area contributed by atoms with Gasteiger partial charge in [-0.2, -0.15) is 5.26 Å². The van der Waals surface area contributed by atoms with Gasteiger partial charge in [0.25, 0.3) is 0 Å². The van der Waals surface area contributed by atoms with Crippen LogP contribution in [0.15, 0.2) is 42.5 Å². The van der Waals surface area contributed by atoms with Gasteiger partial charge in [0.05, 0.1) is 17.9 Å². The van der Waals surface area contributed by atoms with Gasteiger partial charge in [-0.05, 0) is 42.8 Å². The molecule has 0 aliphatic rings. The highest BCUT2D eigenvalue weighted by Crippen LogP contribution is 2.26. The molecule has 0 aliphatic heterocycles. The van der Waals surface area contributed by atoms with Crippen LogP contribution in [0.4, 0.5) is 5.69 Å². The van der Waals surface area contributed by atoms with E-state index in [-0.39, 0.29) is 0 Å². The Morgan fingerprint density at radius 3 is 2.30 bits per heavy atom. The lowest BCUT2D eigenvalue weighted by Gasteiger charge is -2.08. The minimum absolute atomic E-state index is 0.410. The van der Waals surface area contributed by atoms with E-state index >= 15 is 0 Å². The fourth-order valence-corrected chi connectivity index (χ4v) is 1.67. The Kier molecular flexibility index (Phi) is 4.46. The van der Waals surface area contributed by atoms with Gasteiger partial charge in [0.15, 0.2) is 0 Å². The maximum absolute atomic E-state index is 8.82. The van der Waals surface area contributed by atoms with Crippen LogP contribution >= 0.6 is 0 Å². The number of benzene rings is 2. The topological polar surface area (TPSA) is 68.3 Å². The Labute approximate surface area is 118 Å². The van der Waals surface area contributed by atoms with Crippen molar-refractivity contribution in [3.05, 3.63) is 48.0 Å². The smallest absolute Gasteiger partial charge is 0.129 e. The number of nitrogen functional groups attached to an aromatic ring is 1. The highest BCUT2D eigenvalue weighted by Gasteiger charge is 2.02. The molecule has 2 aromatic carbocycles. The summed E-state index contributed by atoms with van der Waals surface area (Å²) in [6, 6.07) is 14.4. The van der Waals surface area contributed by atoms with Crippen molar-refractivity contribution in [2.45, 2.75) is 13.3 Å². The first-order valence-electron chi connectivity index (χ1n) is 6.43. The van der Waals surface area contributed by atoms with E-state index < -0.39 is 0 Å². The summed E-state index contributed by atoms with van der Waals surface area (Å²) in [5, 5.41) is 8.82. The number of anilines is 1. The van der Waals surface area contributed by atoms with Crippen molar-refractivity contribution in [2.75, 3.05) is 12.3 Å². The number of nitrogens with zero attached hydrogens (tertiary/aromatic N) is 1. The summed E-state index contributed by atoms with van der Waals surface area (Å²) in [7, 11) is 0. The largest absolute Gasteiger partial charge is 0.494 e. The lowest BCUT2D eigenvalue weighted by molar-refractivity contribution is 0.317. The van der Waals surface area contributed by atoms with Gasteiger partial charge in [-0.3, -0.25) is 0 Å². The normalized spacial score (nSPS) is 9.80. The molecule has 2 N–H and O–H groups in total. The molecule has 20 heavy (non-hydrogen) atoms. The molecule has 0 amide bonds. The second-order valence-electron chi connectivity index (χ2n) is 4.28. The number of nitriles is 1. The SMILES string of the molecule is CCCOc1ccc(Oc2ccc(C#N)c(N)c2)cc1. The monoisotopic (exact) mass is 268 g/mol. The van der Waals surface area contributed by atoms with Crippen molar-refractivity contribution in [3.63, 3.8) is 0 Å². The molecule has 2 aromatic rings. The molecule has 4 heteroatoms. The third kappa shape index (κ3) is 3.42. The van der Waals surface area contributed by atoms with Crippen molar-refractivity contribution < 1.29 is 9.47 Å². The van der Waals surface area contributed by atoms with Crippen LogP contribution in [0.3, 0.4) is 0 Å². The molecule has 0 saturated heterocycles. The van der Waals surface area contributed by atoms with Crippen LogP contribution < -0.4 is 15.2 Å². The summed E-state index contributed by atoms with van der Waals surface area (Å²) in [6.45, 7) is 2.76. The van der Waals surface area contributed by atoms with Crippen LogP contribution in [0.1, 0.15) is 18.9 Å². The lowest BCUT2D eigenvalue weighted by atomic mass is 10.2. The van der Waals surface area contributed by atoms with Crippen LogP contribution in [0.25, 0.3) is 0 Å². The quantitative estimate of drug-likeness (QED) is 0.839. The van der Waals surface area contributed by atoms with E-state index in [1.807, 2.05) is 30.3 Å². The first-order valence-corrected chi connectivity index (χ1v) is 6.43. The molecule has 0 saturated carbocycles. The summed E-state index contributed by atoms with van der Waals surface area (Å²) in [5.74, 6) is 2.11. The van der Waals surface area contributed by atoms with E-state index in [9.17, 15) is 0 Å². The van der Waals surface area contributed by atoms with E-state index in [0.29, 0.717) is 29.4 Å². The molecule has 0 spiro atoms. The number of hydrogen-bond donors (Lipinski definition) is 1. The first-order chi connectivity index (χ1) is 9.72. The summed E-state index contributed by atoms with van der Waals surface area (Å²) in [6.07, 6.45) is 0.975. The van der Waals surface area contributed by atoms with Crippen LogP contribution in [-0.4, -0.2) is 6.61 Å². The van der Waals surface area contributed by atoms with Crippen molar-refractivity contribution in [2.24, 2.45) is 0 Å². The van der Waals surface area contributed by atoms with E-state index in [1.165, 1.54) is 0 Å². The summed E-state index contributed by atoms with van der Waals surface area (Å²) < 4.78 is 11.2. The van der Waals surface area contributed by atoms with Crippen LogP contribution in [0.5, 0.6) is 17.2 Å². The molecular formula is C16H16N2O2. The molecule has 0 aromatic heterocycles. The van der Waals surface area contributed by atoms with Gasteiger partial charge < -0.3 is 15.2 Å². The van der Waals surface area contributed by atoms with E-state index in [1.54, 1.807) is 18.2 Å². The molecule has 4 nitrogen and oxygen atoms in total. The zero-order valence-electron chi connectivity index (χ0n) is 11.3. The highest BCUT2D eigenvalue weighted by atomic mass is 16.5. The second kappa shape index (κ2) is 6.48. The maximum Gasteiger partial charge on any atom is 0.129 e. The molecule has 0 radical (unpaired) electrons. The third-order valence-corrected chi connectivity index (χ3v) is 2.68. The average Bonchev–Trinajstić information content (AvgIpc) is 2.47. The molecule has 0 bridgehead atoms. The zero-order chi connectivity index (χ0) is 14.4. The predicted octanol–water partition coefficient (Wildman–Crippen LogP) is 3.72. The minimum atomic E-state index is 0.410. The fraction of sp³-hybridized carbons (Fsp3) is 0.188. The Bertz CT molecular complexity index is 615. The average molecular weight is 268 g/mol. The van der Waals surface area contributed by atoms with Crippen LogP contribution in [0, 0.1) is 11.3 Å². The standard InChI is InChI=1S/C16H16N2O2/c1-2-9-19-13-5-7-14(8-6-13)20-15-4-3-12(11-17)16(18)10-15/h3-8,10H,2,9,18H2,1H3. The van der Waals surface area contributed by atoms with Gasteiger partial charge in [0.1, 0.15) is 23.3 Å². The van der Waals surface area contributed by atoms with Crippen LogP contribution in [-0.2, 0) is 0 Å². The number of rotatable bonds is 5. The fourth-order valence-electron chi connectivity index (χ4n) is 1.67. The van der Waals surface area contributed by atoms with Crippen molar-refractivity contribution in [3.8, 4) is 23.3 Å². The molecule has 0 atom stereocenters. The van der Waals surface area contributed by atoms with E-state index in [0.717, 1.165) is 12.2 Å². The van der Waals surface area contributed by atoms with Gasteiger partial charge in [0, 0.05) is 6.07 Å². The van der Waals surface area contributed by atoms with Crippen LogP contribution in [0.2, 0.25) is 0 Å². The summed E-state index contributed by atoms with van der Waals surface area (Å²) in [5.41, 5.74) is 6.60. The minimum Gasteiger partial charge on any atom is -0.494 e. The summed E-state index contributed by atoms with van der Waals surface area (Å²) in [4.78, 5) is 0. The molecular weight excluding hydrogens is 252 g/mol. The van der Waals surface area contributed by atoms with Gasteiger partial charge in [-0.25, -0.2) is 0 Å². The molecule has 2 rings (SSSR count). The van der Waals surface area contributed by atoms with E-state index in [2.05, 4.69) is 6.92 Å². The Morgan fingerprint density at radius 2 is 1.70 bits per heavy atom. The first kappa shape index (κ1) is 13.8. The Hall–Kier alpha value is -2.67. The Balaban J connectivity index is 2.06. The van der Waals surface area contributed by atoms with Crippen molar-refractivity contribution in [1.82, 2.24) is 0 Å². The summed E-state index contributed by atoms with van der Waals surface area (Å²) >= 11 is 0. The number of nitrogens with two attached hydrogens (primary N) is 1. The molecule has 102 valence electrons. The second-order valence-corrected chi connectivity index (χ2v) is 4.28. The highest BCUT2D eigenvalue weighted by molar-refractivity contribution is 5.57. The molecule has 0 aliphatic carbocycles. The molecule has 0 fully saturated rings. The van der Waals surface area contributed by atoms with E-state index in [4.69, 9.17) is 20.5 Å². The van der Waals surface area contributed by atoms with Crippen molar-refractivity contribution >= 4 is 5.69 Å². The zero-order valence-corrected chi connectivity index (χ0v) is 11.3. The molecule has 0 unspecified atom stereocenters. The van der Waals surface area contributed by atoms with Crippen molar-refractivity contribution in [1.29, 1.82) is 5.26 Å². The lowest BCUT2D eigenvalue weighted by Crippen LogP contribution is -1.95. The number of hydrogen-bond acceptors (Lipinski definition) is 4. The third-order valence-electron chi connectivity index (χ3n) is 2.68. The van der Waals surface area contributed by atoms with Gasteiger partial charge in [-0.1, -0.05) is 6.92 Å². The van der Waals surface area contributed by atoms with Gasteiger partial charge in [0.2, 0.25) is 0 Å². The number of ether oxygens (including phenoxy) is 2. The Morgan fingerprint density at radius 1 is 1.05 bits per heavy atom. The van der Waals surface area contributed by atoms with Gasteiger partial charge in [-0.15, -0.1) is 0 Å². The van der Waals surface area contributed by atoms with Gasteiger partial charge >= 0.3 is 0 Å². The maximum atomic E-state index is 8.82. The predicted molar refractivity (Wildman–Crippen MR) is 77.9 cm³/mol.